The van der Waals surface area contributed by atoms with Crippen molar-refractivity contribution in [2.75, 3.05) is 0 Å². The van der Waals surface area contributed by atoms with Gasteiger partial charge in [-0.3, -0.25) is 0 Å². The molecule has 0 heterocycles. The van der Waals surface area contributed by atoms with E-state index in [9.17, 15) is 0 Å². The van der Waals surface area contributed by atoms with Gasteiger partial charge in [-0.1, -0.05) is 0 Å². The SMILES string of the molecule is C=C1C([Se]CC)=C(c2ccccc2)C1CCCCC. The molecule has 1 atom stereocenters. The van der Waals surface area contributed by atoms with Gasteiger partial charge in [0.05, 0.1) is 0 Å². The second kappa shape index (κ2) is 7.12. The Bertz CT molecular complexity index is 456. The summed E-state index contributed by atoms with van der Waals surface area (Å²) >= 11 is 0.615. The first kappa shape index (κ1) is 14.6. The minimum absolute atomic E-state index is 0.615. The molecule has 1 heteroatoms. The summed E-state index contributed by atoms with van der Waals surface area (Å²) in [6.45, 7) is 8.91. The van der Waals surface area contributed by atoms with E-state index in [1.54, 1.807) is 10.0 Å². The molecule has 0 N–H and O–H groups in total. The molecule has 0 radical (unpaired) electrons. The molecule has 0 fully saturated rings. The number of rotatable bonds is 7. The molecule has 0 saturated heterocycles. The standard InChI is InChI=1S/C18H24Se/c1-4-6-8-13-16-14(3)18(19-5-2)17(16)15-11-9-7-10-12-15/h7,9-12,16H,3-6,8,13H2,1-2H3. The van der Waals surface area contributed by atoms with Gasteiger partial charge in [-0.2, -0.15) is 0 Å². The van der Waals surface area contributed by atoms with Gasteiger partial charge >= 0.3 is 124 Å². The van der Waals surface area contributed by atoms with Crippen molar-refractivity contribution < 1.29 is 0 Å². The van der Waals surface area contributed by atoms with Crippen LogP contribution in [-0.4, -0.2) is 15.0 Å². The Morgan fingerprint density at radius 1 is 1.11 bits per heavy atom. The van der Waals surface area contributed by atoms with Crippen LogP contribution in [0.25, 0.3) is 5.57 Å². The molecule has 0 nitrogen and oxygen atoms in total. The first-order valence-corrected chi connectivity index (χ1v) is 9.47. The Balaban J connectivity index is 2.19. The van der Waals surface area contributed by atoms with E-state index in [1.165, 1.54) is 42.1 Å². The molecule has 0 spiro atoms. The third kappa shape index (κ3) is 3.22. The summed E-state index contributed by atoms with van der Waals surface area (Å²) in [4.78, 5) is 0. The Kier molecular flexibility index (Phi) is 5.48. The van der Waals surface area contributed by atoms with E-state index in [1.807, 2.05) is 0 Å². The van der Waals surface area contributed by atoms with Crippen molar-refractivity contribution in [1.29, 1.82) is 0 Å². The van der Waals surface area contributed by atoms with Gasteiger partial charge in [-0.05, 0) is 0 Å². The topological polar surface area (TPSA) is 0 Å². The van der Waals surface area contributed by atoms with Crippen LogP contribution < -0.4 is 0 Å². The quantitative estimate of drug-likeness (QED) is 0.472. The zero-order valence-corrected chi connectivity index (χ0v) is 13.8. The second-order valence-corrected chi connectivity index (χ2v) is 7.79. The van der Waals surface area contributed by atoms with E-state index in [-0.39, 0.29) is 0 Å². The van der Waals surface area contributed by atoms with Crippen molar-refractivity contribution in [3.8, 4) is 0 Å². The molecule has 0 bridgehead atoms. The molecule has 0 aliphatic heterocycles. The molecular weight excluding hydrogens is 295 g/mol. The summed E-state index contributed by atoms with van der Waals surface area (Å²) in [6.07, 6.45) is 5.28. The Morgan fingerprint density at radius 2 is 1.84 bits per heavy atom. The maximum atomic E-state index is 4.35. The summed E-state index contributed by atoms with van der Waals surface area (Å²) < 4.78 is 1.60. The molecule has 102 valence electrons. The summed E-state index contributed by atoms with van der Waals surface area (Å²) in [6, 6.07) is 10.9. The van der Waals surface area contributed by atoms with Crippen molar-refractivity contribution >= 4 is 20.5 Å². The summed E-state index contributed by atoms with van der Waals surface area (Å²) in [5.41, 5.74) is 4.49. The summed E-state index contributed by atoms with van der Waals surface area (Å²) in [5.74, 6) is 0.636. The molecule has 0 amide bonds. The van der Waals surface area contributed by atoms with Gasteiger partial charge in [-0.25, -0.2) is 0 Å². The Hall–Kier alpha value is -0.781. The second-order valence-electron chi connectivity index (χ2n) is 5.12. The molecule has 1 aromatic rings. The molecule has 0 saturated carbocycles. The summed E-state index contributed by atoms with van der Waals surface area (Å²) in [7, 11) is 0. The van der Waals surface area contributed by atoms with Crippen molar-refractivity contribution in [3.63, 3.8) is 0 Å². The third-order valence-electron chi connectivity index (χ3n) is 3.78. The van der Waals surface area contributed by atoms with Crippen LogP contribution in [-0.2, 0) is 0 Å². The van der Waals surface area contributed by atoms with Crippen molar-refractivity contribution in [2.24, 2.45) is 5.92 Å². The van der Waals surface area contributed by atoms with Gasteiger partial charge in [0.1, 0.15) is 0 Å². The van der Waals surface area contributed by atoms with E-state index >= 15 is 0 Å². The van der Waals surface area contributed by atoms with Crippen LogP contribution in [0.1, 0.15) is 45.1 Å². The zero-order valence-electron chi connectivity index (χ0n) is 12.1. The number of benzene rings is 1. The number of hydrogen-bond donors (Lipinski definition) is 0. The minimum atomic E-state index is 0.615. The number of unbranched alkanes of at least 4 members (excludes halogenated alkanes) is 2. The Morgan fingerprint density at radius 3 is 2.47 bits per heavy atom. The molecule has 1 aromatic carbocycles. The fourth-order valence-electron chi connectivity index (χ4n) is 2.77. The average molecular weight is 319 g/mol. The van der Waals surface area contributed by atoms with E-state index in [0.29, 0.717) is 20.9 Å². The predicted octanol–water partition coefficient (Wildman–Crippen LogP) is 5.31. The van der Waals surface area contributed by atoms with Crippen LogP contribution in [0.2, 0.25) is 5.32 Å². The Labute approximate surface area is 124 Å². The molecule has 1 aliphatic rings. The van der Waals surface area contributed by atoms with Crippen molar-refractivity contribution in [3.05, 3.63) is 52.5 Å². The first-order valence-electron chi connectivity index (χ1n) is 7.41. The van der Waals surface area contributed by atoms with Crippen molar-refractivity contribution in [2.45, 2.75) is 44.9 Å². The van der Waals surface area contributed by atoms with Gasteiger partial charge in [-0.15, -0.1) is 0 Å². The molecule has 1 unspecified atom stereocenters. The van der Waals surface area contributed by atoms with Gasteiger partial charge in [0, 0.05) is 0 Å². The fraction of sp³-hybridized carbons (Fsp3) is 0.444. The van der Waals surface area contributed by atoms with Crippen LogP contribution in [0.15, 0.2) is 47.0 Å². The van der Waals surface area contributed by atoms with Gasteiger partial charge < -0.3 is 0 Å². The normalized spacial score (nSPS) is 18.6. The first-order chi connectivity index (χ1) is 9.29. The number of allylic oxidation sites excluding steroid dienone is 3. The summed E-state index contributed by atoms with van der Waals surface area (Å²) in [5, 5.41) is 1.28. The molecule has 19 heavy (non-hydrogen) atoms. The number of hydrogen-bond acceptors (Lipinski definition) is 0. The zero-order chi connectivity index (χ0) is 13.7. The maximum absolute atomic E-state index is 4.35. The van der Waals surface area contributed by atoms with Crippen molar-refractivity contribution in [1.82, 2.24) is 0 Å². The van der Waals surface area contributed by atoms with Gasteiger partial charge in [0.2, 0.25) is 0 Å². The molecular formula is C18H24Se. The molecule has 0 aromatic heterocycles. The molecule has 1 aliphatic carbocycles. The average Bonchev–Trinajstić information content (AvgIpc) is 2.45. The van der Waals surface area contributed by atoms with Gasteiger partial charge in [0.15, 0.2) is 0 Å². The van der Waals surface area contributed by atoms with Gasteiger partial charge in [0.25, 0.3) is 0 Å². The van der Waals surface area contributed by atoms with E-state index < -0.39 is 0 Å². The van der Waals surface area contributed by atoms with E-state index in [2.05, 4.69) is 50.8 Å². The van der Waals surface area contributed by atoms with Crippen LogP contribution in [0.3, 0.4) is 0 Å². The van der Waals surface area contributed by atoms with Crippen LogP contribution in [0.4, 0.5) is 0 Å². The molecule has 2 rings (SSSR count). The van der Waals surface area contributed by atoms with Crippen LogP contribution in [0, 0.1) is 5.92 Å². The van der Waals surface area contributed by atoms with Crippen LogP contribution in [0.5, 0.6) is 0 Å². The monoisotopic (exact) mass is 320 g/mol. The third-order valence-corrected chi connectivity index (χ3v) is 6.00. The van der Waals surface area contributed by atoms with Crippen LogP contribution >= 0.6 is 0 Å². The predicted molar refractivity (Wildman–Crippen MR) is 86.4 cm³/mol. The van der Waals surface area contributed by atoms with E-state index in [4.69, 9.17) is 0 Å². The van der Waals surface area contributed by atoms with E-state index in [0.717, 1.165) is 0 Å². The fourth-order valence-corrected chi connectivity index (χ4v) is 4.93.